The van der Waals surface area contributed by atoms with Gasteiger partial charge in [0.1, 0.15) is 17.9 Å². The molecular weight excluding hydrogens is 308 g/mol. The Morgan fingerprint density at radius 1 is 1.21 bits per heavy atom. The summed E-state index contributed by atoms with van der Waals surface area (Å²) in [4.78, 5) is 13.1. The first-order valence-corrected chi connectivity index (χ1v) is 8.00. The van der Waals surface area contributed by atoms with Crippen LogP contribution < -0.4 is 0 Å². The molecule has 0 aromatic heterocycles. The van der Waals surface area contributed by atoms with Crippen molar-refractivity contribution in [3.8, 4) is 0 Å². The molecule has 0 bridgehead atoms. The summed E-state index contributed by atoms with van der Waals surface area (Å²) in [6, 6.07) is 13.3. The molecule has 24 heavy (non-hydrogen) atoms. The first-order valence-electron chi connectivity index (χ1n) is 8.00. The van der Waals surface area contributed by atoms with Gasteiger partial charge in [-0.3, -0.25) is 4.90 Å². The van der Waals surface area contributed by atoms with Gasteiger partial charge in [-0.2, -0.15) is 0 Å². The van der Waals surface area contributed by atoms with Crippen LogP contribution in [0.3, 0.4) is 0 Å². The molecule has 0 aliphatic carbocycles. The summed E-state index contributed by atoms with van der Waals surface area (Å²) >= 11 is 0. The van der Waals surface area contributed by atoms with Crippen LogP contribution in [-0.4, -0.2) is 23.8 Å². The number of aldehydes is 1. The summed E-state index contributed by atoms with van der Waals surface area (Å²) in [5.41, 5.74) is 2.11. The van der Waals surface area contributed by atoms with Gasteiger partial charge in [0, 0.05) is 24.6 Å². The van der Waals surface area contributed by atoms with Crippen molar-refractivity contribution in [2.24, 2.45) is 0 Å². The SMILES string of the molecule is CC(CC=O)N1CC(c2cc(F)ccc2F)=C[C@H]1c1ccccc1. The topological polar surface area (TPSA) is 20.3 Å². The zero-order valence-electron chi connectivity index (χ0n) is 13.5. The van der Waals surface area contributed by atoms with Crippen molar-refractivity contribution in [1.29, 1.82) is 0 Å². The molecule has 0 fully saturated rings. The van der Waals surface area contributed by atoms with Crippen molar-refractivity contribution in [1.82, 2.24) is 4.90 Å². The lowest BCUT2D eigenvalue weighted by Gasteiger charge is -2.30. The molecule has 1 unspecified atom stereocenters. The third kappa shape index (κ3) is 3.29. The standard InChI is InChI=1S/C20H19F2NO/c1-14(9-10-24)23-13-16(18-12-17(21)7-8-19(18)22)11-20(23)15-5-3-2-4-6-15/h2-8,10-12,14,20H,9,13H2,1H3/t14?,20-/m0/s1. The van der Waals surface area contributed by atoms with Crippen LogP contribution in [0, 0.1) is 11.6 Å². The van der Waals surface area contributed by atoms with E-state index in [1.54, 1.807) is 0 Å². The maximum absolute atomic E-state index is 14.1. The fourth-order valence-electron chi connectivity index (χ4n) is 3.20. The lowest BCUT2D eigenvalue weighted by molar-refractivity contribution is -0.108. The predicted octanol–water partition coefficient (Wildman–Crippen LogP) is 4.38. The Morgan fingerprint density at radius 2 is 1.96 bits per heavy atom. The molecule has 0 saturated heterocycles. The third-order valence-corrected chi connectivity index (χ3v) is 4.49. The van der Waals surface area contributed by atoms with Gasteiger partial charge in [0.2, 0.25) is 0 Å². The van der Waals surface area contributed by atoms with E-state index in [4.69, 9.17) is 0 Å². The minimum Gasteiger partial charge on any atom is -0.303 e. The molecule has 2 atom stereocenters. The molecule has 0 N–H and O–H groups in total. The van der Waals surface area contributed by atoms with Crippen molar-refractivity contribution in [2.75, 3.05) is 6.54 Å². The van der Waals surface area contributed by atoms with Crippen LogP contribution in [0.15, 0.2) is 54.6 Å². The first kappa shape index (κ1) is 16.5. The van der Waals surface area contributed by atoms with E-state index in [-0.39, 0.29) is 17.6 Å². The van der Waals surface area contributed by atoms with E-state index in [0.29, 0.717) is 13.0 Å². The number of rotatable bonds is 5. The van der Waals surface area contributed by atoms with Gasteiger partial charge in [-0.15, -0.1) is 0 Å². The molecule has 0 amide bonds. The maximum Gasteiger partial charge on any atom is 0.130 e. The van der Waals surface area contributed by atoms with Crippen molar-refractivity contribution in [3.63, 3.8) is 0 Å². The summed E-state index contributed by atoms with van der Waals surface area (Å²) in [5.74, 6) is -0.887. The second kappa shape index (κ2) is 7.05. The Morgan fingerprint density at radius 3 is 2.67 bits per heavy atom. The summed E-state index contributed by atoms with van der Waals surface area (Å²) < 4.78 is 27.7. The van der Waals surface area contributed by atoms with Crippen molar-refractivity contribution < 1.29 is 13.6 Å². The van der Waals surface area contributed by atoms with Crippen LogP contribution in [0.5, 0.6) is 0 Å². The van der Waals surface area contributed by atoms with E-state index in [1.165, 1.54) is 6.07 Å². The van der Waals surface area contributed by atoms with Crippen LogP contribution in [0.1, 0.15) is 30.5 Å². The maximum atomic E-state index is 14.1. The van der Waals surface area contributed by atoms with Gasteiger partial charge in [-0.25, -0.2) is 8.78 Å². The number of carbonyl (C=O) groups excluding carboxylic acids is 1. The molecule has 4 heteroatoms. The Bertz CT molecular complexity index is 757. The quantitative estimate of drug-likeness (QED) is 0.760. The lowest BCUT2D eigenvalue weighted by Crippen LogP contribution is -2.33. The highest BCUT2D eigenvalue weighted by Crippen LogP contribution is 2.37. The van der Waals surface area contributed by atoms with E-state index in [1.807, 2.05) is 43.3 Å². The third-order valence-electron chi connectivity index (χ3n) is 4.49. The van der Waals surface area contributed by atoms with Gasteiger partial charge in [-0.05, 0) is 36.3 Å². The minimum absolute atomic E-state index is 0.0121. The Labute approximate surface area is 140 Å². The van der Waals surface area contributed by atoms with E-state index >= 15 is 0 Å². The van der Waals surface area contributed by atoms with Gasteiger partial charge in [-0.1, -0.05) is 36.4 Å². The van der Waals surface area contributed by atoms with Crippen LogP contribution in [0.2, 0.25) is 0 Å². The molecule has 0 spiro atoms. The summed E-state index contributed by atoms with van der Waals surface area (Å²) in [7, 11) is 0. The van der Waals surface area contributed by atoms with Crippen LogP contribution in [0.25, 0.3) is 5.57 Å². The average molecular weight is 327 g/mol. The highest BCUT2D eigenvalue weighted by Gasteiger charge is 2.31. The molecule has 124 valence electrons. The number of hydrogen-bond donors (Lipinski definition) is 0. The highest BCUT2D eigenvalue weighted by atomic mass is 19.1. The van der Waals surface area contributed by atoms with E-state index in [9.17, 15) is 13.6 Å². The normalized spacial score (nSPS) is 19.1. The zero-order valence-corrected chi connectivity index (χ0v) is 13.5. The minimum atomic E-state index is -0.456. The smallest absolute Gasteiger partial charge is 0.130 e. The van der Waals surface area contributed by atoms with Gasteiger partial charge in [0.25, 0.3) is 0 Å². The van der Waals surface area contributed by atoms with E-state index in [0.717, 1.165) is 29.6 Å². The molecule has 2 nitrogen and oxygen atoms in total. The molecule has 1 heterocycles. The van der Waals surface area contributed by atoms with Gasteiger partial charge < -0.3 is 4.79 Å². The van der Waals surface area contributed by atoms with Gasteiger partial charge in [0.15, 0.2) is 0 Å². The number of carbonyl (C=O) groups is 1. The average Bonchev–Trinajstić information content (AvgIpc) is 3.03. The van der Waals surface area contributed by atoms with E-state index in [2.05, 4.69) is 4.90 Å². The molecule has 3 rings (SSSR count). The molecule has 0 radical (unpaired) electrons. The highest BCUT2D eigenvalue weighted by molar-refractivity contribution is 5.71. The second-order valence-electron chi connectivity index (χ2n) is 6.10. The molecule has 0 saturated carbocycles. The molecule has 2 aromatic carbocycles. The second-order valence-corrected chi connectivity index (χ2v) is 6.10. The first-order chi connectivity index (χ1) is 11.6. The molecule has 2 aromatic rings. The molecular formula is C20H19F2NO. The zero-order chi connectivity index (χ0) is 17.1. The summed E-state index contributed by atoms with van der Waals surface area (Å²) in [6.07, 6.45) is 3.26. The van der Waals surface area contributed by atoms with Crippen LogP contribution in [0.4, 0.5) is 8.78 Å². The van der Waals surface area contributed by atoms with Gasteiger partial charge in [0.05, 0.1) is 6.04 Å². The number of nitrogens with zero attached hydrogens (tertiary/aromatic N) is 1. The predicted molar refractivity (Wildman–Crippen MR) is 90.4 cm³/mol. The van der Waals surface area contributed by atoms with Crippen LogP contribution in [-0.2, 0) is 4.79 Å². The summed E-state index contributed by atoms with van der Waals surface area (Å²) in [6.45, 7) is 2.46. The number of benzene rings is 2. The number of hydrogen-bond acceptors (Lipinski definition) is 2. The largest absolute Gasteiger partial charge is 0.303 e. The van der Waals surface area contributed by atoms with E-state index < -0.39 is 11.6 Å². The summed E-state index contributed by atoms with van der Waals surface area (Å²) in [5, 5.41) is 0. The molecule has 1 aliphatic heterocycles. The van der Waals surface area contributed by atoms with Crippen LogP contribution >= 0.6 is 0 Å². The fraction of sp³-hybridized carbons (Fsp3) is 0.250. The number of halogens is 2. The van der Waals surface area contributed by atoms with Crippen molar-refractivity contribution in [3.05, 3.63) is 77.4 Å². The monoisotopic (exact) mass is 327 g/mol. The van der Waals surface area contributed by atoms with Gasteiger partial charge >= 0.3 is 0 Å². The molecule has 1 aliphatic rings. The Kier molecular flexibility index (Phi) is 4.86. The lowest BCUT2D eigenvalue weighted by atomic mass is 10.0. The Hall–Kier alpha value is -2.33. The fourth-order valence-corrected chi connectivity index (χ4v) is 3.20. The van der Waals surface area contributed by atoms with Crippen molar-refractivity contribution in [2.45, 2.75) is 25.4 Å². The Balaban J connectivity index is 2.00. The van der Waals surface area contributed by atoms with Crippen molar-refractivity contribution >= 4 is 11.9 Å².